The molecule has 0 spiro atoms. The number of hydrogen-bond donors (Lipinski definition) is 2. The van der Waals surface area contributed by atoms with Crippen molar-refractivity contribution in [2.75, 3.05) is 38.1 Å². The number of ether oxygens (including phenoxy) is 1. The Morgan fingerprint density at radius 2 is 1.63 bits per heavy atom. The van der Waals surface area contributed by atoms with E-state index in [0.717, 1.165) is 30.5 Å². The molecule has 0 bridgehead atoms. The number of carbonyl (C=O) groups excluding carboxylic acids is 2. The molecule has 0 aromatic heterocycles. The van der Waals surface area contributed by atoms with Crippen LogP contribution in [0.25, 0.3) is 0 Å². The van der Waals surface area contributed by atoms with Gasteiger partial charge in [0.2, 0.25) is 0 Å². The topological polar surface area (TPSA) is 70.7 Å². The monoisotopic (exact) mass is 537 g/mol. The van der Waals surface area contributed by atoms with Crippen LogP contribution in [0.15, 0.2) is 77.3 Å². The predicted octanol–water partition coefficient (Wildman–Crippen LogP) is 5.39. The quantitative estimate of drug-likeness (QED) is 0.324. The molecule has 3 aromatic carbocycles. The highest BCUT2D eigenvalue weighted by atomic mass is 79.9. The van der Waals surface area contributed by atoms with E-state index in [1.807, 2.05) is 36.4 Å². The van der Waals surface area contributed by atoms with Gasteiger partial charge < -0.3 is 20.3 Å². The lowest BCUT2D eigenvalue weighted by Gasteiger charge is -2.18. The minimum Gasteiger partial charge on any atom is -0.492 e. The molecule has 0 aliphatic heterocycles. The molecule has 0 aliphatic carbocycles. The first-order valence-electron chi connectivity index (χ1n) is 11.9. The van der Waals surface area contributed by atoms with E-state index in [2.05, 4.69) is 45.3 Å². The van der Waals surface area contributed by atoms with Crippen LogP contribution in [-0.2, 0) is 6.42 Å². The van der Waals surface area contributed by atoms with Gasteiger partial charge in [-0.05, 0) is 61.1 Å². The Morgan fingerprint density at radius 1 is 0.914 bits per heavy atom. The number of nitrogens with one attached hydrogen (secondary N) is 2. The summed E-state index contributed by atoms with van der Waals surface area (Å²) in [6, 6.07) is 22.3. The molecule has 0 radical (unpaired) electrons. The van der Waals surface area contributed by atoms with E-state index in [1.54, 1.807) is 36.4 Å². The van der Waals surface area contributed by atoms with Gasteiger partial charge in [0.1, 0.15) is 5.75 Å². The minimum absolute atomic E-state index is 0.129. The van der Waals surface area contributed by atoms with Gasteiger partial charge in [-0.1, -0.05) is 60.1 Å². The van der Waals surface area contributed by atoms with Gasteiger partial charge in [-0.15, -0.1) is 0 Å². The van der Waals surface area contributed by atoms with E-state index in [9.17, 15) is 9.59 Å². The lowest BCUT2D eigenvalue weighted by Crippen LogP contribution is -2.34. The van der Waals surface area contributed by atoms with Gasteiger partial charge >= 0.3 is 0 Å². The van der Waals surface area contributed by atoms with Crippen LogP contribution in [-0.4, -0.2) is 49.5 Å². The molecule has 0 heterocycles. The van der Waals surface area contributed by atoms with Crippen LogP contribution in [0.5, 0.6) is 5.75 Å². The summed E-state index contributed by atoms with van der Waals surface area (Å²) in [4.78, 5) is 27.7. The number of hydrogen-bond acceptors (Lipinski definition) is 4. The number of amides is 2. The second-order valence-corrected chi connectivity index (χ2v) is 8.95. The fourth-order valence-electron chi connectivity index (χ4n) is 3.60. The van der Waals surface area contributed by atoms with Crippen molar-refractivity contribution in [1.29, 1.82) is 0 Å². The summed E-state index contributed by atoms with van der Waals surface area (Å²) in [6.45, 7) is 7.99. The molecule has 0 atom stereocenters. The van der Waals surface area contributed by atoms with Crippen LogP contribution in [0.2, 0.25) is 0 Å². The molecule has 3 aromatic rings. The summed E-state index contributed by atoms with van der Waals surface area (Å²) in [5.74, 6) is 0.111. The Hall–Kier alpha value is -3.16. The minimum atomic E-state index is -0.280. The molecule has 7 heteroatoms. The van der Waals surface area contributed by atoms with Gasteiger partial charge in [0.25, 0.3) is 11.8 Å². The normalized spacial score (nSPS) is 10.7. The van der Waals surface area contributed by atoms with E-state index in [-0.39, 0.29) is 11.8 Å². The van der Waals surface area contributed by atoms with Crippen LogP contribution < -0.4 is 15.4 Å². The third-order valence-electron chi connectivity index (χ3n) is 5.69. The summed E-state index contributed by atoms with van der Waals surface area (Å²) >= 11 is 3.44. The molecule has 0 saturated heterocycles. The van der Waals surface area contributed by atoms with Gasteiger partial charge in [0, 0.05) is 35.2 Å². The van der Waals surface area contributed by atoms with Crippen molar-refractivity contribution in [3.05, 3.63) is 94.0 Å². The average molecular weight is 538 g/mol. The van der Waals surface area contributed by atoms with E-state index in [0.29, 0.717) is 35.7 Å². The Morgan fingerprint density at radius 3 is 2.31 bits per heavy atom. The number of nitrogens with zero attached hydrogens (tertiary/aromatic N) is 1. The maximum absolute atomic E-state index is 13.0. The SMILES string of the molecule is CCN(CC)CCNC(=O)c1ccc(NC(=O)c2cc(Br)ccc2OCCc2ccccc2)cc1. The van der Waals surface area contributed by atoms with Crippen LogP contribution >= 0.6 is 15.9 Å². The van der Waals surface area contributed by atoms with Crippen molar-refractivity contribution in [2.45, 2.75) is 20.3 Å². The smallest absolute Gasteiger partial charge is 0.259 e. The fraction of sp³-hybridized carbons (Fsp3) is 0.286. The first kappa shape index (κ1) is 26.4. The zero-order chi connectivity index (χ0) is 25.0. The standard InChI is InChI=1S/C28H32BrN3O3/c1-3-32(4-2)18-17-30-27(33)22-10-13-24(14-11-22)31-28(34)25-20-23(29)12-15-26(25)35-19-16-21-8-6-5-7-9-21/h5-15,20H,3-4,16-19H2,1-2H3,(H,30,33)(H,31,34). The highest BCUT2D eigenvalue weighted by Crippen LogP contribution is 2.25. The number of likely N-dealkylation sites (N-methyl/N-ethyl adjacent to an activating group) is 1. The maximum Gasteiger partial charge on any atom is 0.259 e. The van der Waals surface area contributed by atoms with Gasteiger partial charge in [-0.3, -0.25) is 9.59 Å². The molecule has 0 saturated carbocycles. The Bertz CT molecular complexity index is 1100. The van der Waals surface area contributed by atoms with Crippen molar-refractivity contribution < 1.29 is 14.3 Å². The highest BCUT2D eigenvalue weighted by molar-refractivity contribution is 9.10. The second kappa shape index (κ2) is 13.7. The Balaban J connectivity index is 1.58. The maximum atomic E-state index is 13.0. The van der Waals surface area contributed by atoms with Crippen LogP contribution in [0.3, 0.4) is 0 Å². The zero-order valence-electron chi connectivity index (χ0n) is 20.2. The van der Waals surface area contributed by atoms with E-state index >= 15 is 0 Å². The number of halogens is 1. The van der Waals surface area contributed by atoms with E-state index < -0.39 is 0 Å². The van der Waals surface area contributed by atoms with Crippen LogP contribution in [0.1, 0.15) is 40.1 Å². The summed E-state index contributed by atoms with van der Waals surface area (Å²) in [5.41, 5.74) is 2.76. The number of carbonyl (C=O) groups is 2. The van der Waals surface area contributed by atoms with Crippen molar-refractivity contribution in [1.82, 2.24) is 10.2 Å². The molecule has 184 valence electrons. The molecule has 3 rings (SSSR count). The summed E-state index contributed by atoms with van der Waals surface area (Å²) in [6.07, 6.45) is 0.746. The molecule has 35 heavy (non-hydrogen) atoms. The summed E-state index contributed by atoms with van der Waals surface area (Å²) in [5, 5.41) is 5.83. The van der Waals surface area contributed by atoms with E-state index in [1.165, 1.54) is 5.56 Å². The number of benzene rings is 3. The predicted molar refractivity (Wildman–Crippen MR) is 144 cm³/mol. The van der Waals surface area contributed by atoms with Crippen LogP contribution in [0.4, 0.5) is 5.69 Å². The molecule has 0 fully saturated rings. The second-order valence-electron chi connectivity index (χ2n) is 8.04. The first-order valence-corrected chi connectivity index (χ1v) is 12.7. The third-order valence-corrected chi connectivity index (χ3v) is 6.18. The largest absolute Gasteiger partial charge is 0.492 e. The highest BCUT2D eigenvalue weighted by Gasteiger charge is 2.15. The van der Waals surface area contributed by atoms with Crippen molar-refractivity contribution in [2.24, 2.45) is 0 Å². The van der Waals surface area contributed by atoms with Gasteiger partial charge in [0.05, 0.1) is 12.2 Å². The third kappa shape index (κ3) is 8.23. The molecule has 0 aliphatic rings. The summed E-state index contributed by atoms with van der Waals surface area (Å²) in [7, 11) is 0. The average Bonchev–Trinajstić information content (AvgIpc) is 2.88. The molecule has 2 N–H and O–H groups in total. The lowest BCUT2D eigenvalue weighted by atomic mass is 10.1. The van der Waals surface area contributed by atoms with Gasteiger partial charge in [-0.2, -0.15) is 0 Å². The van der Waals surface area contributed by atoms with E-state index in [4.69, 9.17) is 4.74 Å². The number of anilines is 1. The van der Waals surface area contributed by atoms with Crippen LogP contribution in [0, 0.1) is 0 Å². The number of rotatable bonds is 12. The molecule has 6 nitrogen and oxygen atoms in total. The van der Waals surface area contributed by atoms with Gasteiger partial charge in [0.15, 0.2) is 0 Å². The van der Waals surface area contributed by atoms with Crippen molar-refractivity contribution in [3.8, 4) is 5.75 Å². The molecular weight excluding hydrogens is 506 g/mol. The lowest BCUT2D eigenvalue weighted by molar-refractivity contribution is 0.0948. The Kier molecular flexibility index (Phi) is 10.3. The molecule has 0 unspecified atom stereocenters. The first-order chi connectivity index (χ1) is 17.0. The Labute approximate surface area is 215 Å². The molecular formula is C28H32BrN3O3. The van der Waals surface area contributed by atoms with Crippen molar-refractivity contribution >= 4 is 33.4 Å². The van der Waals surface area contributed by atoms with Gasteiger partial charge in [-0.25, -0.2) is 0 Å². The zero-order valence-corrected chi connectivity index (χ0v) is 21.8. The van der Waals surface area contributed by atoms with Crippen molar-refractivity contribution in [3.63, 3.8) is 0 Å². The molecule has 2 amide bonds. The summed E-state index contributed by atoms with van der Waals surface area (Å²) < 4.78 is 6.72. The fourth-order valence-corrected chi connectivity index (χ4v) is 3.96.